The van der Waals surface area contributed by atoms with E-state index in [1.807, 2.05) is 6.07 Å². The molecule has 38 heavy (non-hydrogen) atoms. The van der Waals surface area contributed by atoms with Gasteiger partial charge in [0.1, 0.15) is 33.4 Å². The summed E-state index contributed by atoms with van der Waals surface area (Å²) in [5.41, 5.74) is 0.500. The van der Waals surface area contributed by atoms with Crippen molar-refractivity contribution in [2.45, 2.75) is 57.6 Å². The van der Waals surface area contributed by atoms with E-state index in [0.29, 0.717) is 61.5 Å². The topological polar surface area (TPSA) is 103 Å². The van der Waals surface area contributed by atoms with E-state index in [2.05, 4.69) is 20.3 Å². The molecule has 1 atom stereocenters. The van der Waals surface area contributed by atoms with Crippen LogP contribution in [0.1, 0.15) is 61.2 Å². The molecule has 2 aliphatic heterocycles. The van der Waals surface area contributed by atoms with Gasteiger partial charge in [0.2, 0.25) is 5.88 Å². The molecule has 0 bridgehead atoms. The Labute approximate surface area is 218 Å². The van der Waals surface area contributed by atoms with Crippen LogP contribution in [0.2, 0.25) is 0 Å². The number of hydrogen-bond acceptors (Lipinski definition) is 8. The zero-order valence-electron chi connectivity index (χ0n) is 21.3. The largest absolute Gasteiger partial charge is 0.469 e. The first-order valence-corrected chi connectivity index (χ1v) is 14.3. The Morgan fingerprint density at radius 3 is 2.50 bits per heavy atom. The van der Waals surface area contributed by atoms with Crippen LogP contribution in [-0.4, -0.2) is 54.2 Å². The highest BCUT2D eigenvalue weighted by atomic mass is 32.2. The van der Waals surface area contributed by atoms with Gasteiger partial charge in [-0.2, -0.15) is 4.98 Å². The number of aryl methyl sites for hydroxylation is 1. The van der Waals surface area contributed by atoms with Crippen molar-refractivity contribution >= 4 is 26.7 Å². The fraction of sp³-hybridized carbons (Fsp3) is 0.500. The van der Waals surface area contributed by atoms with Crippen LogP contribution in [0.3, 0.4) is 0 Å². The lowest BCUT2D eigenvalue weighted by atomic mass is 9.93. The zero-order valence-corrected chi connectivity index (χ0v) is 22.1. The average Bonchev–Trinajstić information content (AvgIpc) is 2.80. The lowest BCUT2D eigenvalue weighted by Gasteiger charge is -2.29. The summed E-state index contributed by atoms with van der Waals surface area (Å²) in [6.07, 6.45) is 0.711. The molecule has 0 amide bonds. The molecule has 2 aromatic heterocycles. The first-order chi connectivity index (χ1) is 17.9. The minimum Gasteiger partial charge on any atom is -0.469 e. The van der Waals surface area contributed by atoms with Crippen LogP contribution in [-0.2, 0) is 20.5 Å². The Bertz CT molecular complexity index is 1460. The summed E-state index contributed by atoms with van der Waals surface area (Å²) in [6, 6.07) is 5.07. The summed E-state index contributed by atoms with van der Waals surface area (Å²) in [6.45, 7) is 4.89. The van der Waals surface area contributed by atoms with Gasteiger partial charge in [0.25, 0.3) is 5.92 Å². The maximum Gasteiger partial charge on any atom is 0.273 e. The number of nitrogens with zero attached hydrogens (tertiary/aromatic N) is 3. The number of rotatable bonds is 7. The second-order valence-corrected chi connectivity index (χ2v) is 12.3. The van der Waals surface area contributed by atoms with Gasteiger partial charge in [-0.1, -0.05) is 18.2 Å². The van der Waals surface area contributed by atoms with E-state index in [4.69, 9.17) is 9.47 Å². The number of aromatic nitrogens is 3. The van der Waals surface area contributed by atoms with Gasteiger partial charge in [0.05, 0.1) is 41.7 Å². The number of anilines is 1. The van der Waals surface area contributed by atoms with Crippen LogP contribution < -0.4 is 10.1 Å². The maximum absolute atomic E-state index is 15.1. The molecule has 4 heterocycles. The molecule has 204 valence electrons. The highest BCUT2D eigenvalue weighted by Crippen LogP contribution is 2.39. The van der Waals surface area contributed by atoms with Gasteiger partial charge in [-0.3, -0.25) is 0 Å². The van der Waals surface area contributed by atoms with E-state index in [9.17, 15) is 17.2 Å². The van der Waals surface area contributed by atoms with E-state index >= 15 is 4.39 Å². The molecule has 1 aromatic carbocycles. The number of benzene rings is 1. The monoisotopic (exact) mass is 550 g/mol. The molecule has 12 heteroatoms. The van der Waals surface area contributed by atoms with Crippen molar-refractivity contribution in [2.75, 3.05) is 30.0 Å². The van der Waals surface area contributed by atoms with Gasteiger partial charge >= 0.3 is 0 Å². The Balaban J connectivity index is 1.55. The molecule has 2 saturated heterocycles. The smallest absolute Gasteiger partial charge is 0.273 e. The summed E-state index contributed by atoms with van der Waals surface area (Å²) in [4.78, 5) is 13.6. The van der Waals surface area contributed by atoms with Gasteiger partial charge in [0, 0.05) is 18.1 Å². The van der Waals surface area contributed by atoms with E-state index in [0.717, 1.165) is 11.6 Å². The molecule has 5 rings (SSSR count). The molecule has 0 unspecified atom stereocenters. The highest BCUT2D eigenvalue weighted by molar-refractivity contribution is 7.91. The van der Waals surface area contributed by atoms with Gasteiger partial charge < -0.3 is 14.8 Å². The summed E-state index contributed by atoms with van der Waals surface area (Å²) in [7, 11) is -3.08. The number of halogens is 3. The van der Waals surface area contributed by atoms with Crippen molar-refractivity contribution < 1.29 is 31.1 Å². The molecule has 0 radical (unpaired) electrons. The van der Waals surface area contributed by atoms with Crippen molar-refractivity contribution in [2.24, 2.45) is 0 Å². The Morgan fingerprint density at radius 2 is 1.87 bits per heavy atom. The molecule has 0 saturated carbocycles. The lowest BCUT2D eigenvalue weighted by molar-refractivity contribution is -0.0816. The van der Waals surface area contributed by atoms with Crippen LogP contribution in [0.25, 0.3) is 11.0 Å². The summed E-state index contributed by atoms with van der Waals surface area (Å²) >= 11 is 0. The second-order valence-electron chi connectivity index (χ2n) is 10.0. The first kappa shape index (κ1) is 26.6. The number of sulfone groups is 1. The molecule has 3 aromatic rings. The van der Waals surface area contributed by atoms with Crippen LogP contribution >= 0.6 is 0 Å². The summed E-state index contributed by atoms with van der Waals surface area (Å²) in [5, 5.41) is 3.70. The average molecular weight is 551 g/mol. The van der Waals surface area contributed by atoms with Crippen molar-refractivity contribution in [3.63, 3.8) is 0 Å². The van der Waals surface area contributed by atoms with Crippen molar-refractivity contribution in [3.8, 4) is 5.88 Å². The number of hydrogen-bond donors (Lipinski definition) is 1. The van der Waals surface area contributed by atoms with Crippen LogP contribution in [0.5, 0.6) is 5.88 Å². The number of fused-ring (bicyclic) bond motifs is 1. The zero-order chi connectivity index (χ0) is 27.2. The van der Waals surface area contributed by atoms with Gasteiger partial charge in [-0.15, -0.1) is 0 Å². The van der Waals surface area contributed by atoms with Gasteiger partial charge in [-0.25, -0.2) is 31.6 Å². The van der Waals surface area contributed by atoms with Crippen molar-refractivity contribution in [1.82, 2.24) is 15.0 Å². The van der Waals surface area contributed by atoms with Gasteiger partial charge in [0.15, 0.2) is 5.65 Å². The molecule has 0 aliphatic carbocycles. The molecule has 2 aliphatic rings. The number of alkyl halides is 2. The fourth-order valence-corrected chi connectivity index (χ4v) is 6.30. The number of pyridine rings is 1. The SMILES string of the molecule is Cc1nc(N[C@H](C)c2cccc(C(C)(F)F)c2F)c2cc(C3CCS(=O)(=O)CC3)c(OC3COC3)nc2n1. The maximum atomic E-state index is 15.1. The Hall–Kier alpha value is -2.99. The summed E-state index contributed by atoms with van der Waals surface area (Å²) < 4.78 is 78.3. The van der Waals surface area contributed by atoms with Crippen molar-refractivity contribution in [1.29, 1.82) is 0 Å². The predicted molar refractivity (Wildman–Crippen MR) is 136 cm³/mol. The Kier molecular flexibility index (Phi) is 6.97. The fourth-order valence-electron chi connectivity index (χ4n) is 4.81. The Morgan fingerprint density at radius 1 is 1.16 bits per heavy atom. The number of nitrogens with one attached hydrogen (secondary N) is 1. The third-order valence-electron chi connectivity index (χ3n) is 6.99. The lowest BCUT2D eigenvalue weighted by Crippen LogP contribution is -2.39. The van der Waals surface area contributed by atoms with E-state index in [-0.39, 0.29) is 29.1 Å². The van der Waals surface area contributed by atoms with Crippen LogP contribution in [0.4, 0.5) is 19.0 Å². The molecule has 2 fully saturated rings. The molecule has 0 spiro atoms. The molecule has 1 N–H and O–H groups in total. The number of ether oxygens (including phenoxy) is 2. The predicted octanol–water partition coefficient (Wildman–Crippen LogP) is 4.83. The quantitative estimate of drug-likeness (QED) is 0.446. The minimum absolute atomic E-state index is 0.0732. The van der Waals surface area contributed by atoms with Crippen LogP contribution in [0.15, 0.2) is 24.3 Å². The third-order valence-corrected chi connectivity index (χ3v) is 8.71. The first-order valence-electron chi connectivity index (χ1n) is 12.5. The minimum atomic E-state index is -3.33. The normalized spacial score (nSPS) is 19.2. The van der Waals surface area contributed by atoms with Gasteiger partial charge in [-0.05, 0) is 38.7 Å². The standard InChI is InChI=1S/C26H29F3N4O4S/c1-14(18-5-4-6-21(22(18)27)26(3,28)29)30-23-20-11-19(16-7-9-38(34,35)10-8-16)25(37-17-12-36-13-17)33-24(20)32-15(2)31-23/h4-6,11,14,16-17H,7-10,12-13H2,1-3H3,(H,30,31,32,33)/t14-/m1/s1. The van der Waals surface area contributed by atoms with E-state index in [1.54, 1.807) is 13.8 Å². The van der Waals surface area contributed by atoms with Crippen molar-refractivity contribution in [3.05, 3.63) is 52.6 Å². The van der Waals surface area contributed by atoms with E-state index < -0.39 is 33.2 Å². The molecular formula is C26H29F3N4O4S. The van der Waals surface area contributed by atoms with Crippen LogP contribution in [0, 0.1) is 12.7 Å². The molecular weight excluding hydrogens is 521 g/mol. The second kappa shape index (κ2) is 9.96. The van der Waals surface area contributed by atoms with E-state index in [1.165, 1.54) is 12.1 Å². The summed E-state index contributed by atoms with van der Waals surface area (Å²) in [5.74, 6) is -3.10. The third kappa shape index (κ3) is 5.42. The molecule has 8 nitrogen and oxygen atoms in total. The highest BCUT2D eigenvalue weighted by Gasteiger charge is 2.32.